The van der Waals surface area contributed by atoms with Gasteiger partial charge in [-0.1, -0.05) is 34.1 Å². The predicted molar refractivity (Wildman–Crippen MR) is 60.7 cm³/mol. The number of hydrogen-bond acceptors (Lipinski definition) is 2. The number of carbonyl (C=O) groups is 2. The molecular weight excluding hydrogens is 274 g/mol. The van der Waals surface area contributed by atoms with E-state index in [0.29, 0.717) is 6.54 Å². The van der Waals surface area contributed by atoms with Crippen molar-refractivity contribution in [1.82, 2.24) is 4.90 Å². The number of carboxylic acids is 1. The summed E-state index contributed by atoms with van der Waals surface area (Å²) in [6.07, 6.45) is 0.111. The summed E-state index contributed by atoms with van der Waals surface area (Å²) in [6.45, 7) is 0.344. The molecular formula is C11H10BrNO3. The quantitative estimate of drug-likeness (QED) is 0.858. The van der Waals surface area contributed by atoms with Gasteiger partial charge in [-0.15, -0.1) is 0 Å². The molecule has 1 N–H and O–H groups in total. The van der Waals surface area contributed by atoms with E-state index < -0.39 is 12.0 Å². The molecule has 0 radical (unpaired) electrons. The van der Waals surface area contributed by atoms with Gasteiger partial charge in [-0.05, 0) is 11.6 Å². The van der Waals surface area contributed by atoms with Gasteiger partial charge >= 0.3 is 5.97 Å². The summed E-state index contributed by atoms with van der Waals surface area (Å²) < 4.78 is 0.888. The van der Waals surface area contributed by atoms with E-state index >= 15 is 0 Å². The molecule has 1 fully saturated rings. The smallest absolute Gasteiger partial charge is 0.326 e. The van der Waals surface area contributed by atoms with Crippen LogP contribution in [0.15, 0.2) is 28.7 Å². The van der Waals surface area contributed by atoms with Crippen LogP contribution in [0.4, 0.5) is 0 Å². The third-order valence-electron chi connectivity index (χ3n) is 2.65. The number of likely N-dealkylation sites (tertiary alicyclic amines) is 1. The standard InChI is InChI=1S/C11H10BrNO3/c12-8-4-2-1-3-7(8)6-13-9(11(15)16)5-10(13)14/h1-4,9H,5-6H2,(H,15,16)/t9-/m1/s1. The van der Waals surface area contributed by atoms with E-state index in [1.807, 2.05) is 24.3 Å². The number of rotatable bonds is 3. The van der Waals surface area contributed by atoms with Gasteiger partial charge in [-0.3, -0.25) is 4.79 Å². The second-order valence-electron chi connectivity index (χ2n) is 3.67. The number of β-lactam (4-membered cyclic amide) rings is 1. The van der Waals surface area contributed by atoms with Crippen LogP contribution >= 0.6 is 15.9 Å². The first-order valence-corrected chi connectivity index (χ1v) is 5.64. The molecule has 2 rings (SSSR count). The van der Waals surface area contributed by atoms with E-state index in [1.165, 1.54) is 4.90 Å². The number of benzene rings is 1. The fourth-order valence-corrected chi connectivity index (χ4v) is 2.09. The molecule has 0 aliphatic carbocycles. The Hall–Kier alpha value is -1.36. The van der Waals surface area contributed by atoms with Gasteiger partial charge in [-0.2, -0.15) is 0 Å². The van der Waals surface area contributed by atoms with Crippen LogP contribution in [0.5, 0.6) is 0 Å². The van der Waals surface area contributed by atoms with Crippen LogP contribution in [0.2, 0.25) is 0 Å². The minimum Gasteiger partial charge on any atom is -0.480 e. The molecule has 1 aliphatic rings. The molecule has 1 atom stereocenters. The molecule has 5 heteroatoms. The van der Waals surface area contributed by atoms with E-state index in [1.54, 1.807) is 0 Å². The predicted octanol–water partition coefficient (Wildman–Crippen LogP) is 1.63. The Morgan fingerprint density at radius 1 is 1.50 bits per heavy atom. The molecule has 1 heterocycles. The van der Waals surface area contributed by atoms with Crippen molar-refractivity contribution in [2.45, 2.75) is 19.0 Å². The highest BCUT2D eigenvalue weighted by molar-refractivity contribution is 9.10. The zero-order valence-corrected chi connectivity index (χ0v) is 9.98. The van der Waals surface area contributed by atoms with Crippen LogP contribution in [0.1, 0.15) is 12.0 Å². The summed E-state index contributed by atoms with van der Waals surface area (Å²) in [7, 11) is 0. The third-order valence-corrected chi connectivity index (χ3v) is 3.42. The summed E-state index contributed by atoms with van der Waals surface area (Å²) >= 11 is 3.37. The fourth-order valence-electron chi connectivity index (χ4n) is 1.68. The maximum absolute atomic E-state index is 11.3. The Balaban J connectivity index is 2.13. The number of carboxylic acid groups (broad SMARTS) is 1. The van der Waals surface area contributed by atoms with Gasteiger partial charge in [0.2, 0.25) is 5.91 Å². The van der Waals surface area contributed by atoms with Crippen LogP contribution in [0.3, 0.4) is 0 Å². The highest BCUT2D eigenvalue weighted by Gasteiger charge is 2.41. The highest BCUT2D eigenvalue weighted by Crippen LogP contribution is 2.25. The molecule has 0 saturated carbocycles. The number of aliphatic carboxylic acids is 1. The zero-order chi connectivity index (χ0) is 11.7. The van der Waals surface area contributed by atoms with Gasteiger partial charge in [-0.25, -0.2) is 4.79 Å². The van der Waals surface area contributed by atoms with E-state index in [2.05, 4.69) is 15.9 Å². The summed E-state index contributed by atoms with van der Waals surface area (Å²) in [4.78, 5) is 23.5. The lowest BCUT2D eigenvalue weighted by atomic mass is 10.0. The lowest BCUT2D eigenvalue weighted by Crippen LogP contribution is -2.55. The van der Waals surface area contributed by atoms with Gasteiger partial charge in [0.25, 0.3) is 0 Å². The van der Waals surface area contributed by atoms with Gasteiger partial charge < -0.3 is 10.0 Å². The Bertz CT molecular complexity index is 447. The molecule has 0 spiro atoms. The second kappa shape index (κ2) is 4.25. The molecule has 1 aromatic carbocycles. The third kappa shape index (κ3) is 1.95. The van der Waals surface area contributed by atoms with Crippen molar-refractivity contribution < 1.29 is 14.7 Å². The first-order valence-electron chi connectivity index (χ1n) is 4.85. The van der Waals surface area contributed by atoms with Gasteiger partial charge in [0.05, 0.1) is 6.42 Å². The van der Waals surface area contributed by atoms with Crippen LogP contribution in [0.25, 0.3) is 0 Å². The van der Waals surface area contributed by atoms with Crippen molar-refractivity contribution in [2.75, 3.05) is 0 Å². The second-order valence-corrected chi connectivity index (χ2v) is 4.53. The Morgan fingerprint density at radius 3 is 2.75 bits per heavy atom. The minimum atomic E-state index is -0.938. The lowest BCUT2D eigenvalue weighted by molar-refractivity contribution is -0.162. The summed E-state index contributed by atoms with van der Waals surface area (Å²) in [5.74, 6) is -1.05. The van der Waals surface area contributed by atoms with Gasteiger partial charge in [0.15, 0.2) is 0 Å². The van der Waals surface area contributed by atoms with E-state index in [9.17, 15) is 9.59 Å². The molecule has 0 bridgehead atoms. The number of carbonyl (C=O) groups excluding carboxylic acids is 1. The molecule has 4 nitrogen and oxygen atoms in total. The van der Waals surface area contributed by atoms with Crippen LogP contribution in [-0.2, 0) is 16.1 Å². The molecule has 1 saturated heterocycles. The SMILES string of the molecule is O=C(O)[C@H]1CC(=O)N1Cc1ccccc1Br. The molecule has 1 amide bonds. The van der Waals surface area contributed by atoms with Gasteiger partial charge in [0, 0.05) is 11.0 Å². The van der Waals surface area contributed by atoms with Crippen molar-refractivity contribution in [3.8, 4) is 0 Å². The maximum Gasteiger partial charge on any atom is 0.326 e. The molecule has 16 heavy (non-hydrogen) atoms. The molecule has 1 aliphatic heterocycles. The molecule has 0 unspecified atom stereocenters. The lowest BCUT2D eigenvalue weighted by Gasteiger charge is -2.37. The average Bonchev–Trinajstić information content (AvgIpc) is 2.24. The summed E-state index contributed by atoms with van der Waals surface area (Å²) in [6, 6.07) is 6.81. The first-order chi connectivity index (χ1) is 7.59. The number of hydrogen-bond donors (Lipinski definition) is 1. The van der Waals surface area contributed by atoms with Gasteiger partial charge in [0.1, 0.15) is 6.04 Å². The van der Waals surface area contributed by atoms with Crippen molar-refractivity contribution >= 4 is 27.8 Å². The number of amides is 1. The molecule has 0 aromatic heterocycles. The van der Waals surface area contributed by atoms with E-state index in [-0.39, 0.29) is 12.3 Å². The van der Waals surface area contributed by atoms with Crippen LogP contribution < -0.4 is 0 Å². The molecule has 1 aromatic rings. The maximum atomic E-state index is 11.3. The fraction of sp³-hybridized carbons (Fsp3) is 0.273. The normalized spacial score (nSPS) is 19.4. The van der Waals surface area contributed by atoms with Crippen molar-refractivity contribution in [3.63, 3.8) is 0 Å². The summed E-state index contributed by atoms with van der Waals surface area (Å²) in [5, 5.41) is 8.86. The largest absolute Gasteiger partial charge is 0.480 e. The summed E-state index contributed by atoms with van der Waals surface area (Å²) in [5.41, 5.74) is 0.918. The van der Waals surface area contributed by atoms with E-state index in [4.69, 9.17) is 5.11 Å². The Morgan fingerprint density at radius 2 is 2.19 bits per heavy atom. The zero-order valence-electron chi connectivity index (χ0n) is 8.39. The topological polar surface area (TPSA) is 57.6 Å². The Labute approximate surface area is 101 Å². The van der Waals surface area contributed by atoms with E-state index in [0.717, 1.165) is 10.0 Å². The number of nitrogens with zero attached hydrogens (tertiary/aromatic N) is 1. The van der Waals surface area contributed by atoms with Crippen LogP contribution in [-0.4, -0.2) is 27.9 Å². The Kier molecular flexibility index (Phi) is 2.96. The molecule has 84 valence electrons. The van der Waals surface area contributed by atoms with Crippen molar-refractivity contribution in [2.24, 2.45) is 0 Å². The monoisotopic (exact) mass is 283 g/mol. The van der Waals surface area contributed by atoms with Crippen molar-refractivity contribution in [3.05, 3.63) is 34.3 Å². The number of halogens is 1. The van der Waals surface area contributed by atoms with Crippen molar-refractivity contribution in [1.29, 1.82) is 0 Å². The first kappa shape index (κ1) is 11.1. The van der Waals surface area contributed by atoms with Crippen LogP contribution in [0, 0.1) is 0 Å². The minimum absolute atomic E-state index is 0.108. The average molecular weight is 284 g/mol. The highest BCUT2D eigenvalue weighted by atomic mass is 79.9.